The number of oxazole rings is 1. The number of carbonyl (C=O) groups is 1. The van der Waals surface area contributed by atoms with Gasteiger partial charge in [0.25, 0.3) is 0 Å². The van der Waals surface area contributed by atoms with Crippen molar-refractivity contribution >= 4 is 40.3 Å². The van der Waals surface area contributed by atoms with Crippen LogP contribution in [0.2, 0.25) is 10.0 Å². The fraction of sp³-hybridized carbons (Fsp3) is 0. The number of hydrogen-bond donors (Lipinski definition) is 0. The number of hydrogen-bond acceptors (Lipinski definition) is 4. The number of nitrogens with zero attached hydrogens (tertiary/aromatic N) is 1. The van der Waals surface area contributed by atoms with Gasteiger partial charge < -0.3 is 14.3 Å². The van der Waals surface area contributed by atoms with Gasteiger partial charge in [0.2, 0.25) is 5.89 Å². The number of fused-ring (bicyclic) bond motifs is 1. The molecule has 1 aromatic heterocycles. The predicted octanol–water partition coefficient (Wildman–Crippen LogP) is 3.17. The molecule has 100 valence electrons. The minimum Gasteiger partial charge on any atom is -0.545 e. The predicted molar refractivity (Wildman–Crippen MR) is 73.8 cm³/mol. The molecule has 20 heavy (non-hydrogen) atoms. The van der Waals surface area contributed by atoms with Gasteiger partial charge >= 0.3 is 0 Å². The lowest BCUT2D eigenvalue weighted by molar-refractivity contribution is -0.255. The molecule has 0 saturated carbocycles. The molecule has 0 atom stereocenters. The second-order valence-electron chi connectivity index (χ2n) is 4.15. The van der Waals surface area contributed by atoms with E-state index in [0.717, 1.165) is 0 Å². The quantitative estimate of drug-likeness (QED) is 0.729. The van der Waals surface area contributed by atoms with Crippen LogP contribution in [-0.2, 0) is 0 Å². The molecule has 1 heterocycles. The molecule has 0 aliphatic carbocycles. The number of rotatable bonds is 2. The van der Waals surface area contributed by atoms with Crippen molar-refractivity contribution in [2.24, 2.45) is 0 Å². The van der Waals surface area contributed by atoms with Crippen LogP contribution < -0.4 is 5.11 Å². The molecular weight excluding hydrogens is 301 g/mol. The van der Waals surface area contributed by atoms with Crippen molar-refractivity contribution in [3.63, 3.8) is 0 Å². The molecule has 0 aliphatic heterocycles. The maximum Gasteiger partial charge on any atom is 0.227 e. The molecule has 0 radical (unpaired) electrons. The molecule has 0 saturated heterocycles. The highest BCUT2D eigenvalue weighted by molar-refractivity contribution is 6.35. The first-order chi connectivity index (χ1) is 9.52. The van der Waals surface area contributed by atoms with Crippen LogP contribution in [0.4, 0.5) is 0 Å². The molecule has 0 aliphatic rings. The average Bonchev–Trinajstić information content (AvgIpc) is 2.80. The van der Waals surface area contributed by atoms with Gasteiger partial charge in [-0.25, -0.2) is 4.98 Å². The zero-order valence-electron chi connectivity index (χ0n) is 9.89. The van der Waals surface area contributed by atoms with Crippen LogP contribution in [0.15, 0.2) is 40.8 Å². The van der Waals surface area contributed by atoms with Gasteiger partial charge in [0, 0.05) is 21.2 Å². The van der Waals surface area contributed by atoms with E-state index in [1.807, 2.05) is 0 Å². The van der Waals surface area contributed by atoms with Crippen LogP contribution >= 0.6 is 23.2 Å². The number of aromatic carboxylic acids is 1. The molecule has 0 unspecified atom stereocenters. The summed E-state index contributed by atoms with van der Waals surface area (Å²) in [7, 11) is 0. The molecule has 3 aromatic rings. The Morgan fingerprint density at radius 1 is 1.10 bits per heavy atom. The molecule has 6 heteroatoms. The average molecular weight is 307 g/mol. The van der Waals surface area contributed by atoms with E-state index >= 15 is 0 Å². The van der Waals surface area contributed by atoms with Crippen molar-refractivity contribution in [2.75, 3.05) is 0 Å². The Morgan fingerprint density at radius 3 is 2.45 bits per heavy atom. The lowest BCUT2D eigenvalue weighted by Gasteiger charge is -1.99. The lowest BCUT2D eigenvalue weighted by Crippen LogP contribution is -2.21. The summed E-state index contributed by atoms with van der Waals surface area (Å²) in [5.41, 5.74) is 1.55. The SMILES string of the molecule is O=C([O-])c1ccc2nc(-c3cc(Cl)cc(Cl)c3)oc2c1. The number of halogens is 2. The Hall–Kier alpha value is -2.04. The minimum absolute atomic E-state index is 0.0318. The first kappa shape index (κ1) is 13.0. The van der Waals surface area contributed by atoms with Crippen molar-refractivity contribution in [3.05, 3.63) is 52.0 Å². The van der Waals surface area contributed by atoms with E-state index in [1.54, 1.807) is 24.3 Å². The van der Waals surface area contributed by atoms with Gasteiger partial charge in [0.05, 0.1) is 5.97 Å². The van der Waals surface area contributed by atoms with Gasteiger partial charge in [-0.3, -0.25) is 0 Å². The van der Waals surface area contributed by atoms with Gasteiger partial charge in [0.15, 0.2) is 5.58 Å². The molecule has 0 N–H and O–H groups in total. The summed E-state index contributed by atoms with van der Waals surface area (Å²) >= 11 is 11.9. The molecule has 0 amide bonds. The third-order valence-electron chi connectivity index (χ3n) is 2.73. The number of carbonyl (C=O) groups excluding carboxylic acids is 1. The Labute approximate surface area is 123 Å². The summed E-state index contributed by atoms with van der Waals surface area (Å²) in [5, 5.41) is 11.7. The van der Waals surface area contributed by atoms with Gasteiger partial charge in [-0.2, -0.15) is 0 Å². The van der Waals surface area contributed by atoms with E-state index in [-0.39, 0.29) is 5.56 Å². The smallest absolute Gasteiger partial charge is 0.227 e. The largest absolute Gasteiger partial charge is 0.545 e. The van der Waals surface area contributed by atoms with E-state index in [2.05, 4.69) is 4.98 Å². The molecule has 0 fully saturated rings. The first-order valence-electron chi connectivity index (χ1n) is 5.61. The molecule has 3 rings (SSSR count). The summed E-state index contributed by atoms with van der Waals surface area (Å²) in [6.07, 6.45) is 0. The van der Waals surface area contributed by atoms with E-state index < -0.39 is 5.97 Å². The Kier molecular flexibility index (Phi) is 3.12. The number of carboxylic acid groups (broad SMARTS) is 1. The standard InChI is InChI=1S/C14H7Cl2NO3/c15-9-3-8(4-10(16)6-9)13-17-11-2-1-7(14(18)19)5-12(11)20-13/h1-6H,(H,18,19)/p-1. The van der Waals surface area contributed by atoms with Gasteiger partial charge in [-0.15, -0.1) is 0 Å². The van der Waals surface area contributed by atoms with Gasteiger partial charge in [-0.1, -0.05) is 29.3 Å². The van der Waals surface area contributed by atoms with Gasteiger partial charge in [-0.05, 0) is 30.3 Å². The van der Waals surface area contributed by atoms with Gasteiger partial charge in [0.1, 0.15) is 5.52 Å². The van der Waals surface area contributed by atoms with Crippen molar-refractivity contribution in [1.29, 1.82) is 0 Å². The van der Waals surface area contributed by atoms with Crippen molar-refractivity contribution in [1.82, 2.24) is 4.98 Å². The van der Waals surface area contributed by atoms with Crippen LogP contribution in [0, 0.1) is 0 Å². The van der Waals surface area contributed by atoms with Crippen LogP contribution in [0.1, 0.15) is 10.4 Å². The maximum atomic E-state index is 10.8. The molecular formula is C14H6Cl2NO3-. The first-order valence-corrected chi connectivity index (χ1v) is 6.37. The highest BCUT2D eigenvalue weighted by Crippen LogP contribution is 2.29. The van der Waals surface area contributed by atoms with Crippen molar-refractivity contribution in [2.45, 2.75) is 0 Å². The van der Waals surface area contributed by atoms with E-state index in [0.29, 0.717) is 32.6 Å². The van der Waals surface area contributed by atoms with E-state index in [1.165, 1.54) is 12.1 Å². The highest BCUT2D eigenvalue weighted by atomic mass is 35.5. The third-order valence-corrected chi connectivity index (χ3v) is 3.17. The zero-order valence-corrected chi connectivity index (χ0v) is 11.4. The normalized spacial score (nSPS) is 10.9. The third kappa shape index (κ3) is 2.35. The van der Waals surface area contributed by atoms with Crippen molar-refractivity contribution in [3.8, 4) is 11.5 Å². The summed E-state index contributed by atoms with van der Waals surface area (Å²) in [6, 6.07) is 9.26. The fourth-order valence-corrected chi connectivity index (χ4v) is 2.38. The van der Waals surface area contributed by atoms with Crippen molar-refractivity contribution < 1.29 is 14.3 Å². The number of aromatic nitrogens is 1. The maximum absolute atomic E-state index is 10.8. The number of carboxylic acids is 1. The zero-order chi connectivity index (χ0) is 14.3. The van der Waals surface area contributed by atoms with E-state index in [9.17, 15) is 9.90 Å². The second-order valence-corrected chi connectivity index (χ2v) is 5.02. The second kappa shape index (κ2) is 4.81. The highest BCUT2D eigenvalue weighted by Gasteiger charge is 2.10. The number of benzene rings is 2. The Bertz CT molecular complexity index is 806. The summed E-state index contributed by atoms with van der Waals surface area (Å²) in [6.45, 7) is 0. The molecule has 4 nitrogen and oxygen atoms in total. The summed E-state index contributed by atoms with van der Waals surface area (Å²) in [5.74, 6) is -0.949. The summed E-state index contributed by atoms with van der Waals surface area (Å²) in [4.78, 5) is 15.1. The topological polar surface area (TPSA) is 66.2 Å². The Balaban J connectivity index is 2.15. The molecule has 0 spiro atoms. The van der Waals surface area contributed by atoms with Crippen LogP contribution in [0.5, 0.6) is 0 Å². The fourth-order valence-electron chi connectivity index (χ4n) is 1.85. The minimum atomic E-state index is -1.27. The molecule has 2 aromatic carbocycles. The Morgan fingerprint density at radius 2 is 1.80 bits per heavy atom. The molecule has 0 bridgehead atoms. The summed E-state index contributed by atoms with van der Waals surface area (Å²) < 4.78 is 5.54. The monoisotopic (exact) mass is 306 g/mol. The van der Waals surface area contributed by atoms with E-state index in [4.69, 9.17) is 27.6 Å². The van der Waals surface area contributed by atoms with Crippen LogP contribution in [-0.4, -0.2) is 11.0 Å². The van der Waals surface area contributed by atoms with Crippen LogP contribution in [0.3, 0.4) is 0 Å². The lowest BCUT2D eigenvalue weighted by atomic mass is 10.2. The van der Waals surface area contributed by atoms with Crippen LogP contribution in [0.25, 0.3) is 22.6 Å².